The second kappa shape index (κ2) is 9.98. The molecule has 0 spiro atoms. The summed E-state index contributed by atoms with van der Waals surface area (Å²) >= 11 is 11.5. The van der Waals surface area contributed by atoms with Gasteiger partial charge in [-0.3, -0.25) is 4.79 Å². The van der Waals surface area contributed by atoms with Crippen molar-refractivity contribution in [1.29, 1.82) is 0 Å². The highest BCUT2D eigenvalue weighted by Gasteiger charge is 2.62. The van der Waals surface area contributed by atoms with E-state index in [0.29, 0.717) is 10.5 Å². The van der Waals surface area contributed by atoms with E-state index < -0.39 is 55.3 Å². The second-order valence-corrected chi connectivity index (χ2v) is 12.0. The molecule has 3 aromatic rings. The first-order valence-corrected chi connectivity index (χ1v) is 13.7. The Kier molecular flexibility index (Phi) is 7.37. The first-order chi connectivity index (χ1) is 17.6. The molecule has 0 saturated heterocycles. The molecule has 1 heterocycles. The van der Waals surface area contributed by atoms with Crippen molar-refractivity contribution in [2.24, 2.45) is 9.52 Å². The third-order valence-electron chi connectivity index (χ3n) is 6.14. The molecule has 0 fully saturated rings. The van der Waals surface area contributed by atoms with Crippen LogP contribution in [0.2, 0.25) is 10.0 Å². The molecular formula is C26H20Cl2F4N2O3S. The SMILES string of the molecule is Cc1ccc(S(C)(=O)=NC(=O)c2ccc(C3=NOC(c4cc(Cl)c(F)c(Cl)c4)(C(F)(F)F)C3)cc2C)cc1. The molecule has 0 aromatic heterocycles. The zero-order valence-electron chi connectivity index (χ0n) is 20.2. The highest BCUT2D eigenvalue weighted by Crippen LogP contribution is 2.50. The molecule has 38 heavy (non-hydrogen) atoms. The molecule has 1 aliphatic rings. The van der Waals surface area contributed by atoms with Crippen LogP contribution >= 0.6 is 23.2 Å². The number of hydrogen-bond donors (Lipinski definition) is 0. The number of oxime groups is 1. The Balaban J connectivity index is 1.65. The summed E-state index contributed by atoms with van der Waals surface area (Å²) in [6, 6.07) is 12.6. The van der Waals surface area contributed by atoms with E-state index >= 15 is 0 Å². The Morgan fingerprint density at radius 2 is 1.66 bits per heavy atom. The molecule has 0 N–H and O–H groups in total. The van der Waals surface area contributed by atoms with Crippen LogP contribution in [0, 0.1) is 19.7 Å². The van der Waals surface area contributed by atoms with Crippen molar-refractivity contribution >= 4 is 44.5 Å². The number of carbonyl (C=O) groups excluding carboxylic acids is 1. The number of hydrogen-bond acceptors (Lipinski definition) is 4. The maximum absolute atomic E-state index is 14.3. The van der Waals surface area contributed by atoms with Gasteiger partial charge in [-0.15, -0.1) is 0 Å². The Bertz CT molecular complexity index is 1570. The lowest BCUT2D eigenvalue weighted by Gasteiger charge is -2.29. The smallest absolute Gasteiger partial charge is 0.374 e. The van der Waals surface area contributed by atoms with Crippen LogP contribution in [0.25, 0.3) is 0 Å². The van der Waals surface area contributed by atoms with Gasteiger partial charge < -0.3 is 4.84 Å². The summed E-state index contributed by atoms with van der Waals surface area (Å²) < 4.78 is 73.6. The minimum absolute atomic E-state index is 0.0584. The first kappa shape index (κ1) is 28.1. The molecule has 2 atom stereocenters. The van der Waals surface area contributed by atoms with E-state index in [2.05, 4.69) is 9.52 Å². The van der Waals surface area contributed by atoms with Gasteiger partial charge in [-0.05, 0) is 61.4 Å². The topological polar surface area (TPSA) is 68.1 Å². The van der Waals surface area contributed by atoms with Gasteiger partial charge in [-0.2, -0.15) is 17.5 Å². The molecule has 0 radical (unpaired) electrons. The summed E-state index contributed by atoms with van der Waals surface area (Å²) in [5.41, 5.74) is -1.76. The summed E-state index contributed by atoms with van der Waals surface area (Å²) in [5, 5.41) is 2.49. The number of amides is 1. The van der Waals surface area contributed by atoms with Crippen molar-refractivity contribution in [3.63, 3.8) is 0 Å². The fraction of sp³-hybridized carbons (Fsp3) is 0.231. The molecular weight excluding hydrogens is 567 g/mol. The van der Waals surface area contributed by atoms with E-state index in [-0.39, 0.29) is 16.8 Å². The standard InChI is InChI=1S/C26H20Cl2F4N2O3S/c1-14-4-7-18(8-5-14)38(3,36)34-24(35)19-9-6-16(10-15(19)2)22-13-25(37-33-22,26(30,31)32)17-11-20(27)23(29)21(28)12-17/h4-12H,13H2,1-3H3. The van der Waals surface area contributed by atoms with E-state index in [1.807, 2.05) is 6.92 Å². The van der Waals surface area contributed by atoms with E-state index in [0.717, 1.165) is 17.7 Å². The third-order valence-corrected chi connectivity index (χ3v) is 8.35. The Labute approximate surface area is 226 Å². The molecule has 2 unspecified atom stereocenters. The van der Waals surface area contributed by atoms with Crippen LogP contribution in [0.4, 0.5) is 17.6 Å². The zero-order chi connectivity index (χ0) is 28.0. The maximum Gasteiger partial charge on any atom is 0.435 e. The minimum Gasteiger partial charge on any atom is -0.374 e. The summed E-state index contributed by atoms with van der Waals surface area (Å²) in [7, 11) is -3.03. The Morgan fingerprint density at radius 1 is 1.05 bits per heavy atom. The molecule has 5 nitrogen and oxygen atoms in total. The number of rotatable bonds is 4. The molecule has 0 saturated carbocycles. The predicted molar refractivity (Wildman–Crippen MR) is 138 cm³/mol. The van der Waals surface area contributed by atoms with Gasteiger partial charge in [-0.1, -0.05) is 52.1 Å². The number of halogens is 6. The van der Waals surface area contributed by atoms with Crippen molar-refractivity contribution < 1.29 is 31.4 Å². The van der Waals surface area contributed by atoms with E-state index in [9.17, 15) is 26.6 Å². The van der Waals surface area contributed by atoms with Gasteiger partial charge in [0.25, 0.3) is 11.5 Å². The molecule has 12 heteroatoms. The summed E-state index contributed by atoms with van der Waals surface area (Å²) in [5.74, 6) is -1.78. The van der Waals surface area contributed by atoms with Gasteiger partial charge in [0.05, 0.1) is 25.5 Å². The zero-order valence-corrected chi connectivity index (χ0v) is 22.5. The van der Waals surface area contributed by atoms with Crippen molar-refractivity contribution in [2.45, 2.75) is 36.9 Å². The highest BCUT2D eigenvalue weighted by molar-refractivity contribution is 7.93. The quantitative estimate of drug-likeness (QED) is 0.233. The third kappa shape index (κ3) is 5.17. The van der Waals surface area contributed by atoms with Crippen LogP contribution in [0.5, 0.6) is 0 Å². The average molecular weight is 587 g/mol. The minimum atomic E-state index is -4.95. The van der Waals surface area contributed by atoms with Crippen molar-refractivity contribution in [3.05, 3.63) is 98.3 Å². The summed E-state index contributed by atoms with van der Waals surface area (Å²) in [6.07, 6.45) is -4.35. The predicted octanol–water partition coefficient (Wildman–Crippen LogP) is 7.63. The Morgan fingerprint density at radius 3 is 2.21 bits per heavy atom. The number of nitrogens with zero attached hydrogens (tertiary/aromatic N) is 2. The number of benzene rings is 3. The molecule has 0 aliphatic carbocycles. The molecule has 0 bridgehead atoms. The van der Waals surface area contributed by atoms with Crippen molar-refractivity contribution in [2.75, 3.05) is 6.26 Å². The monoisotopic (exact) mass is 586 g/mol. The van der Waals surface area contributed by atoms with Gasteiger partial charge >= 0.3 is 6.18 Å². The number of carbonyl (C=O) groups is 1. The molecule has 1 aliphatic heterocycles. The largest absolute Gasteiger partial charge is 0.435 e. The highest BCUT2D eigenvalue weighted by atomic mass is 35.5. The normalized spacial score (nSPS) is 18.9. The van der Waals surface area contributed by atoms with Crippen LogP contribution in [0.3, 0.4) is 0 Å². The fourth-order valence-electron chi connectivity index (χ4n) is 3.98. The number of aryl methyl sites for hydroxylation is 2. The molecule has 3 aromatic carbocycles. The van der Waals surface area contributed by atoms with Crippen molar-refractivity contribution in [3.8, 4) is 0 Å². The van der Waals surface area contributed by atoms with Gasteiger partial charge in [-0.25, -0.2) is 8.60 Å². The van der Waals surface area contributed by atoms with Crippen LogP contribution in [0.1, 0.15) is 39.0 Å². The van der Waals surface area contributed by atoms with Crippen LogP contribution < -0.4 is 0 Å². The van der Waals surface area contributed by atoms with Crippen LogP contribution in [-0.4, -0.2) is 28.3 Å². The second-order valence-electron chi connectivity index (χ2n) is 8.93. The summed E-state index contributed by atoms with van der Waals surface area (Å²) in [4.78, 5) is 18.2. The van der Waals surface area contributed by atoms with E-state index in [1.165, 1.54) is 24.5 Å². The lowest BCUT2D eigenvalue weighted by atomic mass is 9.86. The van der Waals surface area contributed by atoms with Crippen LogP contribution in [0.15, 0.2) is 69.0 Å². The number of alkyl halides is 3. The molecule has 1 amide bonds. The van der Waals surface area contributed by atoms with E-state index in [1.54, 1.807) is 31.2 Å². The lowest BCUT2D eigenvalue weighted by molar-refractivity contribution is -0.275. The average Bonchev–Trinajstić information content (AvgIpc) is 3.29. The van der Waals surface area contributed by atoms with Gasteiger partial charge in [0, 0.05) is 28.7 Å². The summed E-state index contributed by atoms with van der Waals surface area (Å²) in [6.45, 7) is 3.44. The van der Waals surface area contributed by atoms with E-state index in [4.69, 9.17) is 28.0 Å². The van der Waals surface area contributed by atoms with Crippen LogP contribution in [-0.2, 0) is 20.2 Å². The van der Waals surface area contributed by atoms with Gasteiger partial charge in [0.1, 0.15) is 0 Å². The van der Waals surface area contributed by atoms with Gasteiger partial charge in [0.15, 0.2) is 5.82 Å². The lowest BCUT2D eigenvalue weighted by Crippen LogP contribution is -2.42. The van der Waals surface area contributed by atoms with Gasteiger partial charge in [0.2, 0.25) is 0 Å². The molecule has 200 valence electrons. The van der Waals surface area contributed by atoms with Crippen molar-refractivity contribution in [1.82, 2.24) is 0 Å². The molecule has 4 rings (SSSR count). The maximum atomic E-state index is 14.3. The first-order valence-electron chi connectivity index (χ1n) is 11.1. The fourth-order valence-corrected chi connectivity index (χ4v) is 5.63. The Hall–Kier alpha value is -2.95.